The first-order valence-electron chi connectivity index (χ1n) is 22.4. The number of hydrogen-bond donors (Lipinski definition) is 0. The number of hydrogen-bond acceptors (Lipinski definition) is 6. The Hall–Kier alpha value is -8.01. The van der Waals surface area contributed by atoms with E-state index in [1.54, 1.807) is 0 Å². The first-order valence-corrected chi connectivity index (χ1v) is 24.0. The van der Waals surface area contributed by atoms with Crippen LogP contribution in [0.25, 0.3) is 53.6 Å². The second-order valence-corrected chi connectivity index (χ2v) is 18.9. The van der Waals surface area contributed by atoms with E-state index in [0.29, 0.717) is 21.2 Å². The van der Waals surface area contributed by atoms with Crippen LogP contribution in [0.4, 0.5) is 0 Å². The van der Waals surface area contributed by atoms with E-state index in [2.05, 4.69) is 168 Å². The smallest absolute Gasteiger partial charge is 0.328 e. The minimum absolute atomic E-state index is 0.109. The molecule has 0 aliphatic rings. The fraction of sp³-hybridized carbons (Fsp3) is 0.0526. The Kier molecular flexibility index (Phi) is 11.0. The third kappa shape index (κ3) is 7.28. The molecule has 10 heteroatoms. The fourth-order valence-corrected chi connectivity index (χ4v) is 11.7. The van der Waals surface area contributed by atoms with Crippen molar-refractivity contribution in [2.24, 2.45) is 0 Å². The molecule has 0 aliphatic heterocycles. The van der Waals surface area contributed by atoms with Crippen LogP contribution in [0.3, 0.4) is 0 Å². The number of thiazole rings is 2. The lowest BCUT2D eigenvalue weighted by molar-refractivity contribution is 0.810. The highest BCUT2D eigenvalue weighted by Crippen LogP contribution is 2.36. The van der Waals surface area contributed by atoms with Crippen LogP contribution in [0.15, 0.2) is 200 Å². The molecule has 67 heavy (non-hydrogen) atoms. The second-order valence-electron chi connectivity index (χ2n) is 16.8. The van der Waals surface area contributed by atoms with Gasteiger partial charge in [-0.1, -0.05) is 212 Å². The van der Waals surface area contributed by atoms with Crippen molar-refractivity contribution in [3.8, 4) is 23.4 Å². The fourth-order valence-electron chi connectivity index (χ4n) is 9.78. The minimum Gasteiger partial charge on any atom is -0.378 e. The van der Waals surface area contributed by atoms with Crippen LogP contribution in [0.2, 0.25) is 0 Å². The van der Waals surface area contributed by atoms with Crippen molar-refractivity contribution in [3.05, 3.63) is 227 Å². The maximum Gasteiger partial charge on any atom is 0.328 e. The van der Waals surface area contributed by atoms with Crippen molar-refractivity contribution in [1.82, 2.24) is 18.9 Å². The molecule has 0 atom stereocenters. The second kappa shape index (κ2) is 17.8. The minimum atomic E-state index is -0.411. The van der Waals surface area contributed by atoms with Gasteiger partial charge in [-0.05, 0) is 35.7 Å². The number of benzene rings is 7. The number of aromatic nitrogens is 4. The summed E-state index contributed by atoms with van der Waals surface area (Å²) in [5.41, 5.74) is 9.66. The molecule has 4 heterocycles. The summed E-state index contributed by atoms with van der Waals surface area (Å²) >= 11 is 3.06. The number of para-hydroxylation sites is 2. The van der Waals surface area contributed by atoms with E-state index >= 15 is 0 Å². The molecule has 0 saturated carbocycles. The van der Waals surface area contributed by atoms with Gasteiger partial charge in [0.1, 0.15) is 33.3 Å². The van der Waals surface area contributed by atoms with Crippen LogP contribution in [0, 0.1) is 22.7 Å². The highest BCUT2D eigenvalue weighted by atomic mass is 32.1. The van der Waals surface area contributed by atoms with Crippen molar-refractivity contribution < 1.29 is 0 Å². The summed E-state index contributed by atoms with van der Waals surface area (Å²) in [5.74, 6) is -0.109. The molecule has 0 radical (unpaired) electrons. The van der Waals surface area contributed by atoms with Gasteiger partial charge in [0.15, 0.2) is 0 Å². The zero-order chi connectivity index (χ0) is 45.4. The van der Waals surface area contributed by atoms with Gasteiger partial charge < -0.3 is 8.96 Å². The van der Waals surface area contributed by atoms with Gasteiger partial charge in [-0.3, -0.25) is 0 Å². The largest absolute Gasteiger partial charge is 0.378 e. The Morgan fingerprint density at radius 2 is 0.821 bits per heavy atom. The molecule has 0 amide bonds. The molecule has 11 aromatic rings. The number of fused-ring (bicyclic) bond motifs is 3. The van der Waals surface area contributed by atoms with E-state index in [1.807, 2.05) is 66.7 Å². The Morgan fingerprint density at radius 3 is 1.21 bits per heavy atom. The molecule has 316 valence electrons. The zero-order valence-corrected chi connectivity index (χ0v) is 38.4. The standard InChI is InChI=1S/C57H40B2N6S2/c1-38(2)52-50-51(55(45(37-61)57-63-47-33-19-21-35-49(47)67-57)64(52)58(40-24-10-4-11-25-40)41-26-12-5-13-27-41)53(39-22-8-3-9-23-39)65(59(42-28-14-6-15-29-42)43-30-16-7-17-31-43)54(50)44(36-60)56-62-46-32-18-20-34-48(46)66-56/h3-35,38H,1-2H3/b54-44-,55-45-. The van der Waals surface area contributed by atoms with Crippen LogP contribution in [-0.2, 0) is 0 Å². The van der Waals surface area contributed by atoms with Crippen LogP contribution < -0.4 is 32.5 Å². The van der Waals surface area contributed by atoms with E-state index < -0.39 is 6.85 Å². The first-order chi connectivity index (χ1) is 33.0. The molecule has 0 spiro atoms. The van der Waals surface area contributed by atoms with Crippen molar-refractivity contribution in [3.63, 3.8) is 0 Å². The Morgan fingerprint density at radius 1 is 0.463 bits per heavy atom. The van der Waals surface area contributed by atoms with Gasteiger partial charge in [-0.15, -0.1) is 22.7 Å². The maximum atomic E-state index is 11.9. The van der Waals surface area contributed by atoms with Crippen molar-refractivity contribution in [1.29, 1.82) is 10.5 Å². The van der Waals surface area contributed by atoms with Crippen LogP contribution in [-0.4, -0.2) is 32.6 Å². The zero-order valence-electron chi connectivity index (χ0n) is 36.8. The third-order valence-electron chi connectivity index (χ3n) is 12.5. The predicted molar refractivity (Wildman–Crippen MR) is 281 cm³/mol. The Labute approximate surface area is 397 Å². The summed E-state index contributed by atoms with van der Waals surface area (Å²) in [6.07, 6.45) is 0. The molecular weight excluding hydrogens is 854 g/mol. The summed E-state index contributed by atoms with van der Waals surface area (Å²) in [5, 5.41) is 28.4. The lowest BCUT2D eigenvalue weighted by Crippen LogP contribution is -2.54. The SMILES string of the molecule is CC(C)c1c2/c(=C(\C#N)c3nc4ccccc4s3)n(B(c3ccccc3)c3ccccc3)c(-c3ccccc3)c2/c(=C(\C#N)c2nc3ccccc3s2)n1B(c1ccccc1)c1ccccc1. The topological polar surface area (TPSA) is 83.2 Å². The highest BCUT2D eigenvalue weighted by molar-refractivity contribution is 7.20. The van der Waals surface area contributed by atoms with Gasteiger partial charge in [-0.25, -0.2) is 9.97 Å². The normalized spacial score (nSPS) is 12.3. The van der Waals surface area contributed by atoms with Crippen molar-refractivity contribution in [2.45, 2.75) is 19.8 Å². The lowest BCUT2D eigenvalue weighted by atomic mass is 9.50. The molecule has 0 saturated heterocycles. The first kappa shape index (κ1) is 41.7. The average molecular weight is 895 g/mol. The van der Waals surface area contributed by atoms with Gasteiger partial charge >= 0.3 is 13.7 Å². The summed E-state index contributed by atoms with van der Waals surface area (Å²) in [6.45, 7) is 3.66. The third-order valence-corrected chi connectivity index (χ3v) is 14.6. The van der Waals surface area contributed by atoms with E-state index in [1.165, 1.54) is 22.7 Å². The van der Waals surface area contributed by atoms with Gasteiger partial charge in [0.05, 0.1) is 31.1 Å². The summed E-state index contributed by atoms with van der Waals surface area (Å²) < 4.78 is 6.80. The number of rotatable bonds is 10. The summed E-state index contributed by atoms with van der Waals surface area (Å²) in [4.78, 5) is 10.5. The van der Waals surface area contributed by atoms with Crippen LogP contribution in [0.1, 0.15) is 35.5 Å². The molecule has 11 rings (SSSR count). The quantitative estimate of drug-likeness (QED) is 0.128. The molecule has 7 aromatic carbocycles. The van der Waals surface area contributed by atoms with E-state index in [0.717, 1.165) is 80.7 Å². The highest BCUT2D eigenvalue weighted by Gasteiger charge is 2.37. The van der Waals surface area contributed by atoms with Crippen molar-refractivity contribution in [2.75, 3.05) is 0 Å². The summed E-state index contributed by atoms with van der Waals surface area (Å²) in [7, 11) is 0. The maximum absolute atomic E-state index is 11.9. The van der Waals surface area contributed by atoms with E-state index in [9.17, 15) is 10.5 Å². The summed E-state index contributed by atoms with van der Waals surface area (Å²) in [6, 6.07) is 74.4. The van der Waals surface area contributed by atoms with E-state index in [-0.39, 0.29) is 12.8 Å². The Bertz CT molecular complexity index is 3570. The average Bonchev–Trinajstić information content (AvgIpc) is 4.16. The molecule has 0 unspecified atom stereocenters. The molecule has 4 aromatic heterocycles. The van der Waals surface area contributed by atoms with Crippen LogP contribution in [0.5, 0.6) is 0 Å². The molecule has 6 nitrogen and oxygen atoms in total. The predicted octanol–water partition coefficient (Wildman–Crippen LogP) is 9.21. The Balaban J connectivity index is 1.49. The van der Waals surface area contributed by atoms with Crippen LogP contribution >= 0.6 is 22.7 Å². The molecule has 0 fully saturated rings. The molecule has 0 aliphatic carbocycles. The van der Waals surface area contributed by atoms with Gasteiger partial charge in [-0.2, -0.15) is 10.5 Å². The molecule has 0 N–H and O–H groups in total. The van der Waals surface area contributed by atoms with Gasteiger partial charge in [0.2, 0.25) is 0 Å². The van der Waals surface area contributed by atoms with E-state index in [4.69, 9.17) is 9.97 Å². The van der Waals surface area contributed by atoms with Crippen molar-refractivity contribution >= 4 is 101 Å². The van der Waals surface area contributed by atoms with Gasteiger partial charge in [0, 0.05) is 22.2 Å². The van der Waals surface area contributed by atoms with Gasteiger partial charge in [0.25, 0.3) is 0 Å². The molecule has 0 bridgehead atoms. The lowest BCUT2D eigenvalue weighted by Gasteiger charge is -2.25. The number of nitrogens with zero attached hydrogens (tertiary/aromatic N) is 6. The number of nitriles is 2. The molecular formula is C57H40B2N6S2. The monoisotopic (exact) mass is 894 g/mol.